The first kappa shape index (κ1) is 20.9. The molecule has 2 heterocycles. The van der Waals surface area contributed by atoms with Crippen LogP contribution < -0.4 is 17.0 Å². The molecule has 1 saturated heterocycles. The Hall–Kier alpha value is -1.87. The minimum absolute atomic E-state index is 0. The maximum Gasteiger partial charge on any atom is 0.168 e. The Bertz CT molecular complexity index is 818. The van der Waals surface area contributed by atoms with Crippen LogP contribution in [0.1, 0.15) is 37.8 Å². The van der Waals surface area contributed by atoms with Gasteiger partial charge in [0.1, 0.15) is 0 Å². The summed E-state index contributed by atoms with van der Waals surface area (Å²) in [6, 6.07) is 21.8. The second kappa shape index (κ2) is 9.09. The molecule has 28 heavy (non-hydrogen) atoms. The van der Waals surface area contributed by atoms with Gasteiger partial charge in [-0.1, -0.05) is 60.7 Å². The van der Waals surface area contributed by atoms with Gasteiger partial charge in [-0.2, -0.15) is 0 Å². The Morgan fingerprint density at radius 3 is 2.07 bits per heavy atom. The van der Waals surface area contributed by atoms with Gasteiger partial charge >= 0.3 is 0 Å². The van der Waals surface area contributed by atoms with Crippen LogP contribution in [0.15, 0.2) is 72.4 Å². The van der Waals surface area contributed by atoms with Crippen LogP contribution in [0.5, 0.6) is 0 Å². The van der Waals surface area contributed by atoms with Crippen molar-refractivity contribution in [3.05, 3.63) is 83.6 Å². The monoisotopic (exact) mass is 438 g/mol. The van der Waals surface area contributed by atoms with Crippen molar-refractivity contribution < 1.29 is 21.6 Å². The zero-order valence-electron chi connectivity index (χ0n) is 17.0. The molecule has 0 aliphatic carbocycles. The third kappa shape index (κ3) is 4.41. The number of nitrogens with zero attached hydrogens (tertiary/aromatic N) is 2. The fourth-order valence-electron chi connectivity index (χ4n) is 4.58. The molecule has 0 N–H and O–H groups in total. The van der Waals surface area contributed by atoms with Gasteiger partial charge in [-0.25, -0.2) is 4.58 Å². The van der Waals surface area contributed by atoms with E-state index in [0.717, 1.165) is 13.0 Å². The van der Waals surface area contributed by atoms with E-state index in [1.54, 1.807) is 0 Å². The van der Waals surface area contributed by atoms with Crippen molar-refractivity contribution in [2.45, 2.75) is 45.2 Å². The average molecular weight is 439 g/mol. The molecule has 148 valence electrons. The third-order valence-electron chi connectivity index (χ3n) is 6.32. The molecular formula is C25H31BrN2. The van der Waals surface area contributed by atoms with Crippen LogP contribution in [0.25, 0.3) is 0 Å². The zero-order chi connectivity index (χ0) is 18.7. The SMILES string of the molecule is CC1(C)C(Cc2ccccc2)C(N2CCCC2)=CC=[N+]1Cc1ccccc1.[Br-]. The molecular weight excluding hydrogens is 408 g/mol. The second-order valence-corrected chi connectivity index (χ2v) is 8.44. The number of benzene rings is 2. The van der Waals surface area contributed by atoms with Crippen molar-refractivity contribution in [1.82, 2.24) is 4.90 Å². The topological polar surface area (TPSA) is 6.25 Å². The summed E-state index contributed by atoms with van der Waals surface area (Å²) in [5.41, 5.74) is 4.41. The maximum absolute atomic E-state index is 2.63. The van der Waals surface area contributed by atoms with Crippen molar-refractivity contribution in [2.24, 2.45) is 5.92 Å². The van der Waals surface area contributed by atoms with Crippen molar-refractivity contribution in [3.8, 4) is 0 Å². The fourth-order valence-corrected chi connectivity index (χ4v) is 4.58. The highest BCUT2D eigenvalue weighted by molar-refractivity contribution is 5.69. The van der Waals surface area contributed by atoms with E-state index < -0.39 is 0 Å². The van der Waals surface area contributed by atoms with Gasteiger partial charge in [0.05, 0.1) is 5.92 Å². The molecule has 2 aliphatic heterocycles. The summed E-state index contributed by atoms with van der Waals surface area (Å²) in [5, 5.41) is 0. The lowest BCUT2D eigenvalue weighted by molar-refractivity contribution is -0.621. The van der Waals surface area contributed by atoms with Gasteiger partial charge in [0.15, 0.2) is 18.3 Å². The van der Waals surface area contributed by atoms with Crippen molar-refractivity contribution in [2.75, 3.05) is 13.1 Å². The summed E-state index contributed by atoms with van der Waals surface area (Å²) >= 11 is 0. The summed E-state index contributed by atoms with van der Waals surface area (Å²) in [4.78, 5) is 2.63. The first-order chi connectivity index (χ1) is 13.1. The van der Waals surface area contributed by atoms with E-state index in [-0.39, 0.29) is 22.5 Å². The zero-order valence-corrected chi connectivity index (χ0v) is 18.6. The minimum atomic E-state index is 0. The van der Waals surface area contributed by atoms with E-state index >= 15 is 0 Å². The van der Waals surface area contributed by atoms with Gasteiger partial charge in [0, 0.05) is 44.3 Å². The molecule has 2 aliphatic rings. The number of halogens is 1. The van der Waals surface area contributed by atoms with E-state index in [1.165, 1.54) is 42.8 Å². The first-order valence-electron chi connectivity index (χ1n) is 10.3. The largest absolute Gasteiger partial charge is 1.00 e. The molecule has 0 amide bonds. The Kier molecular flexibility index (Phi) is 6.77. The average Bonchev–Trinajstić information content (AvgIpc) is 3.21. The van der Waals surface area contributed by atoms with Crippen molar-refractivity contribution >= 4 is 6.21 Å². The highest BCUT2D eigenvalue weighted by Crippen LogP contribution is 2.37. The summed E-state index contributed by atoms with van der Waals surface area (Å²) < 4.78 is 2.54. The van der Waals surface area contributed by atoms with Crippen molar-refractivity contribution in [1.29, 1.82) is 0 Å². The molecule has 0 aromatic heterocycles. The molecule has 2 nitrogen and oxygen atoms in total. The van der Waals surface area contributed by atoms with Gasteiger partial charge < -0.3 is 21.9 Å². The van der Waals surface area contributed by atoms with Gasteiger partial charge in [0.25, 0.3) is 0 Å². The van der Waals surface area contributed by atoms with Gasteiger partial charge in [-0.3, -0.25) is 0 Å². The van der Waals surface area contributed by atoms with E-state index in [4.69, 9.17) is 0 Å². The summed E-state index contributed by atoms with van der Waals surface area (Å²) in [6.07, 6.45) is 8.47. The quantitative estimate of drug-likeness (QED) is 0.646. The summed E-state index contributed by atoms with van der Waals surface area (Å²) in [6.45, 7) is 8.22. The lowest BCUT2D eigenvalue weighted by Crippen LogP contribution is -3.00. The molecule has 2 aromatic carbocycles. The summed E-state index contributed by atoms with van der Waals surface area (Å²) in [5.74, 6) is 0.492. The predicted molar refractivity (Wildman–Crippen MR) is 113 cm³/mol. The van der Waals surface area contributed by atoms with Crippen LogP contribution in [0.4, 0.5) is 0 Å². The maximum atomic E-state index is 2.63. The molecule has 1 unspecified atom stereocenters. The molecule has 0 spiro atoms. The van der Waals surface area contributed by atoms with Crippen LogP contribution in [0.3, 0.4) is 0 Å². The molecule has 1 fully saturated rings. The molecule has 4 rings (SSSR count). The van der Waals surface area contributed by atoms with Gasteiger partial charge in [-0.05, 0) is 24.8 Å². The molecule has 0 bridgehead atoms. The Morgan fingerprint density at radius 1 is 0.893 bits per heavy atom. The van der Waals surface area contributed by atoms with E-state index in [2.05, 4.69) is 96.3 Å². The van der Waals surface area contributed by atoms with E-state index in [9.17, 15) is 0 Å². The molecule has 1 atom stereocenters. The highest BCUT2D eigenvalue weighted by atomic mass is 79.9. The van der Waals surface area contributed by atoms with Crippen LogP contribution in [-0.2, 0) is 13.0 Å². The normalized spacial score (nSPS) is 20.9. The second-order valence-electron chi connectivity index (χ2n) is 8.44. The lowest BCUT2D eigenvalue weighted by atomic mass is 9.77. The Balaban J connectivity index is 0.00000225. The van der Waals surface area contributed by atoms with Gasteiger partial charge in [-0.15, -0.1) is 0 Å². The van der Waals surface area contributed by atoms with Crippen LogP contribution >= 0.6 is 0 Å². The molecule has 0 saturated carbocycles. The molecule has 3 heteroatoms. The standard InChI is InChI=1S/C25H31N2.BrH/c1-25(2)23(19-21-11-5-3-6-12-21)24(26-16-9-10-17-26)15-18-27(25)20-22-13-7-4-8-14-22;/h3-8,11-15,18,23H,9-10,16-17,19-20H2,1-2H3;1H/q+1;/p-1. The van der Waals surface area contributed by atoms with Gasteiger partial charge in [0.2, 0.25) is 0 Å². The number of allylic oxidation sites excluding steroid dienone is 1. The molecule has 0 radical (unpaired) electrons. The van der Waals surface area contributed by atoms with Crippen molar-refractivity contribution in [3.63, 3.8) is 0 Å². The number of hydrogen-bond donors (Lipinski definition) is 0. The Morgan fingerprint density at radius 2 is 1.46 bits per heavy atom. The fraction of sp³-hybridized carbons (Fsp3) is 0.400. The molecule has 2 aromatic rings. The van der Waals surface area contributed by atoms with E-state index in [0.29, 0.717) is 5.92 Å². The smallest absolute Gasteiger partial charge is 0.168 e. The van der Waals surface area contributed by atoms with Crippen LogP contribution in [0.2, 0.25) is 0 Å². The summed E-state index contributed by atoms with van der Waals surface area (Å²) in [7, 11) is 0. The lowest BCUT2D eigenvalue weighted by Gasteiger charge is -2.39. The number of hydrogen-bond acceptors (Lipinski definition) is 1. The number of likely N-dealkylation sites (tertiary alicyclic amines) is 1. The first-order valence-corrected chi connectivity index (χ1v) is 10.3. The van der Waals surface area contributed by atoms with Crippen LogP contribution in [0, 0.1) is 5.92 Å². The Labute approximate surface area is 180 Å². The predicted octanol–water partition coefficient (Wildman–Crippen LogP) is 1.90. The third-order valence-corrected chi connectivity index (χ3v) is 6.32. The van der Waals surface area contributed by atoms with E-state index in [1.807, 2.05) is 0 Å². The van der Waals surface area contributed by atoms with Crippen LogP contribution in [-0.4, -0.2) is 34.3 Å². The number of rotatable bonds is 5. The minimum Gasteiger partial charge on any atom is -1.00 e. The highest BCUT2D eigenvalue weighted by Gasteiger charge is 2.45.